The molecule has 4 rings (SSSR count). The Labute approximate surface area is 161 Å². The summed E-state index contributed by atoms with van der Waals surface area (Å²) in [7, 11) is 3.10. The molecule has 140 valence electrons. The van der Waals surface area contributed by atoms with Crippen LogP contribution < -0.4 is 14.8 Å². The number of hydrogen-bond acceptors (Lipinski definition) is 5. The van der Waals surface area contributed by atoms with Crippen LogP contribution in [0.2, 0.25) is 0 Å². The number of carbonyl (C=O) groups excluding carboxylic acids is 1. The Morgan fingerprint density at radius 3 is 2.57 bits per heavy atom. The number of hydrogen-bond donors (Lipinski definition) is 1. The van der Waals surface area contributed by atoms with E-state index in [0.717, 1.165) is 11.3 Å². The highest BCUT2D eigenvalue weighted by atomic mass is 16.5. The zero-order valence-electron chi connectivity index (χ0n) is 15.4. The molecule has 0 saturated heterocycles. The third kappa shape index (κ3) is 3.25. The van der Waals surface area contributed by atoms with E-state index in [2.05, 4.69) is 15.4 Å². The van der Waals surface area contributed by atoms with Crippen molar-refractivity contribution in [2.45, 2.75) is 0 Å². The van der Waals surface area contributed by atoms with E-state index in [4.69, 9.17) is 9.47 Å². The van der Waals surface area contributed by atoms with Gasteiger partial charge in [-0.2, -0.15) is 5.10 Å². The number of ether oxygens (including phenoxy) is 2. The van der Waals surface area contributed by atoms with Crippen LogP contribution in [0.5, 0.6) is 11.5 Å². The number of nitrogens with one attached hydrogen (secondary N) is 1. The molecule has 0 aliphatic rings. The second-order valence-electron chi connectivity index (χ2n) is 6.02. The maximum atomic E-state index is 12.8. The van der Waals surface area contributed by atoms with E-state index in [1.54, 1.807) is 49.2 Å². The molecule has 0 unspecified atom stereocenters. The molecule has 0 aliphatic carbocycles. The fraction of sp³-hybridized carbons (Fsp3) is 0.0952. The van der Waals surface area contributed by atoms with Crippen LogP contribution in [0.25, 0.3) is 16.9 Å². The number of rotatable bonds is 5. The molecule has 2 aromatic carbocycles. The molecular formula is C21H18N4O3. The van der Waals surface area contributed by atoms with Gasteiger partial charge < -0.3 is 14.8 Å². The van der Waals surface area contributed by atoms with Gasteiger partial charge in [-0.1, -0.05) is 30.3 Å². The standard InChI is InChI=1S/C21H18N4O3/c1-27-15-8-9-19(28-2)16(12-15)23-21(26)17-13-20-22-11-10-18(25(20)24-17)14-6-4-3-5-7-14/h3-13H,1-2H3,(H,23,26). The Hall–Kier alpha value is -3.87. The van der Waals surface area contributed by atoms with Gasteiger partial charge in [0.15, 0.2) is 11.3 Å². The van der Waals surface area contributed by atoms with Crippen molar-refractivity contribution in [3.8, 4) is 22.8 Å². The van der Waals surface area contributed by atoms with E-state index in [-0.39, 0.29) is 11.6 Å². The van der Waals surface area contributed by atoms with Crippen LogP contribution in [0.3, 0.4) is 0 Å². The Bertz CT molecular complexity index is 1140. The van der Waals surface area contributed by atoms with Gasteiger partial charge in [0.1, 0.15) is 11.5 Å². The van der Waals surface area contributed by atoms with Gasteiger partial charge in [0.2, 0.25) is 0 Å². The van der Waals surface area contributed by atoms with Crippen molar-refractivity contribution < 1.29 is 14.3 Å². The second kappa shape index (κ2) is 7.40. The predicted molar refractivity (Wildman–Crippen MR) is 106 cm³/mol. The molecule has 1 N–H and O–H groups in total. The lowest BCUT2D eigenvalue weighted by Gasteiger charge is -2.10. The van der Waals surface area contributed by atoms with Crippen molar-refractivity contribution in [2.75, 3.05) is 19.5 Å². The first-order valence-electron chi connectivity index (χ1n) is 8.63. The average molecular weight is 374 g/mol. The minimum atomic E-state index is -0.365. The van der Waals surface area contributed by atoms with Gasteiger partial charge in [-0.3, -0.25) is 4.79 Å². The van der Waals surface area contributed by atoms with E-state index in [1.807, 2.05) is 36.4 Å². The molecule has 0 radical (unpaired) electrons. The van der Waals surface area contributed by atoms with Crippen LogP contribution in [-0.4, -0.2) is 34.7 Å². The van der Waals surface area contributed by atoms with Crippen molar-refractivity contribution in [2.24, 2.45) is 0 Å². The first-order chi connectivity index (χ1) is 13.7. The number of aromatic nitrogens is 3. The van der Waals surface area contributed by atoms with Crippen molar-refractivity contribution in [3.63, 3.8) is 0 Å². The number of methoxy groups -OCH3 is 2. The maximum absolute atomic E-state index is 12.8. The molecule has 0 bridgehead atoms. The monoisotopic (exact) mass is 374 g/mol. The largest absolute Gasteiger partial charge is 0.497 e. The van der Waals surface area contributed by atoms with Gasteiger partial charge in [0.25, 0.3) is 5.91 Å². The summed E-state index contributed by atoms with van der Waals surface area (Å²) in [6.45, 7) is 0. The number of nitrogens with zero attached hydrogens (tertiary/aromatic N) is 3. The molecule has 7 nitrogen and oxygen atoms in total. The zero-order chi connectivity index (χ0) is 19.5. The highest BCUT2D eigenvalue weighted by Gasteiger charge is 2.16. The van der Waals surface area contributed by atoms with Crippen molar-refractivity contribution in [1.29, 1.82) is 0 Å². The maximum Gasteiger partial charge on any atom is 0.276 e. The van der Waals surface area contributed by atoms with E-state index in [0.29, 0.717) is 22.8 Å². The topological polar surface area (TPSA) is 77.8 Å². The molecule has 0 spiro atoms. The number of anilines is 1. The van der Waals surface area contributed by atoms with Gasteiger partial charge in [-0.05, 0) is 18.2 Å². The molecule has 0 saturated carbocycles. The van der Waals surface area contributed by atoms with Crippen molar-refractivity contribution >= 4 is 17.2 Å². The molecule has 7 heteroatoms. The third-order valence-electron chi connectivity index (χ3n) is 4.31. The van der Waals surface area contributed by atoms with Crippen LogP contribution >= 0.6 is 0 Å². The van der Waals surface area contributed by atoms with E-state index < -0.39 is 0 Å². The normalized spacial score (nSPS) is 10.6. The van der Waals surface area contributed by atoms with Gasteiger partial charge in [0.05, 0.1) is 25.6 Å². The lowest BCUT2D eigenvalue weighted by atomic mass is 10.1. The molecule has 2 aromatic heterocycles. The van der Waals surface area contributed by atoms with Crippen LogP contribution in [0, 0.1) is 0 Å². The van der Waals surface area contributed by atoms with Gasteiger partial charge in [-0.15, -0.1) is 0 Å². The quantitative estimate of drug-likeness (QED) is 0.577. The highest BCUT2D eigenvalue weighted by Crippen LogP contribution is 2.29. The summed E-state index contributed by atoms with van der Waals surface area (Å²) in [6.07, 6.45) is 1.70. The number of amides is 1. The highest BCUT2D eigenvalue weighted by molar-refractivity contribution is 6.04. The zero-order valence-corrected chi connectivity index (χ0v) is 15.4. The molecule has 28 heavy (non-hydrogen) atoms. The molecule has 2 heterocycles. The summed E-state index contributed by atoms with van der Waals surface area (Å²) < 4.78 is 12.2. The Morgan fingerprint density at radius 2 is 1.82 bits per heavy atom. The molecule has 4 aromatic rings. The smallest absolute Gasteiger partial charge is 0.276 e. The summed E-state index contributed by atoms with van der Waals surface area (Å²) in [5.74, 6) is 0.774. The van der Waals surface area contributed by atoms with Gasteiger partial charge in [0, 0.05) is 23.9 Å². The molecular weight excluding hydrogens is 356 g/mol. The number of fused-ring (bicyclic) bond motifs is 1. The second-order valence-corrected chi connectivity index (χ2v) is 6.02. The van der Waals surface area contributed by atoms with Crippen LogP contribution in [0.15, 0.2) is 66.9 Å². The van der Waals surface area contributed by atoms with E-state index in [1.165, 1.54) is 0 Å². The number of benzene rings is 2. The summed E-state index contributed by atoms with van der Waals surface area (Å²) in [5, 5.41) is 7.28. The summed E-state index contributed by atoms with van der Waals surface area (Å²) in [5.41, 5.74) is 3.17. The summed E-state index contributed by atoms with van der Waals surface area (Å²) in [4.78, 5) is 17.1. The summed E-state index contributed by atoms with van der Waals surface area (Å²) in [6, 6.07) is 18.5. The lowest BCUT2D eigenvalue weighted by Crippen LogP contribution is -2.13. The first kappa shape index (κ1) is 17.5. The predicted octanol–water partition coefficient (Wildman–Crippen LogP) is 3.67. The SMILES string of the molecule is COc1ccc(OC)c(NC(=O)c2cc3nccc(-c4ccccc4)n3n2)c1. The third-order valence-corrected chi connectivity index (χ3v) is 4.31. The Balaban J connectivity index is 1.70. The number of carbonyl (C=O) groups is 1. The molecule has 0 atom stereocenters. The van der Waals surface area contributed by atoms with Crippen molar-refractivity contribution in [1.82, 2.24) is 14.6 Å². The fourth-order valence-electron chi connectivity index (χ4n) is 2.93. The Morgan fingerprint density at radius 1 is 1.00 bits per heavy atom. The van der Waals surface area contributed by atoms with Crippen molar-refractivity contribution in [3.05, 3.63) is 72.6 Å². The lowest BCUT2D eigenvalue weighted by molar-refractivity contribution is 0.102. The van der Waals surface area contributed by atoms with E-state index in [9.17, 15) is 4.79 Å². The van der Waals surface area contributed by atoms with Crippen LogP contribution in [0.1, 0.15) is 10.5 Å². The van der Waals surface area contributed by atoms with Gasteiger partial charge >= 0.3 is 0 Å². The average Bonchev–Trinajstić information content (AvgIpc) is 3.19. The first-order valence-corrected chi connectivity index (χ1v) is 8.63. The Kier molecular flexibility index (Phi) is 4.63. The van der Waals surface area contributed by atoms with Crippen LogP contribution in [0.4, 0.5) is 5.69 Å². The van der Waals surface area contributed by atoms with Crippen LogP contribution in [-0.2, 0) is 0 Å². The fourth-order valence-corrected chi connectivity index (χ4v) is 2.93. The summed E-state index contributed by atoms with van der Waals surface area (Å²) >= 11 is 0. The minimum absolute atomic E-state index is 0.251. The molecule has 0 aliphatic heterocycles. The van der Waals surface area contributed by atoms with Gasteiger partial charge in [-0.25, -0.2) is 9.50 Å². The minimum Gasteiger partial charge on any atom is -0.497 e. The van der Waals surface area contributed by atoms with E-state index >= 15 is 0 Å². The molecule has 1 amide bonds. The molecule has 0 fully saturated rings.